The summed E-state index contributed by atoms with van der Waals surface area (Å²) in [5.41, 5.74) is 4.54. The van der Waals surface area contributed by atoms with Crippen LogP contribution in [0.4, 0.5) is 34.4 Å². The van der Waals surface area contributed by atoms with Crippen molar-refractivity contribution in [2.75, 3.05) is 128 Å². The average Bonchev–Trinajstić information content (AvgIpc) is 3.54. The Kier molecular flexibility index (Phi) is 21.7. The smallest absolute Gasteiger partial charge is 0.275 e. The first kappa shape index (κ1) is 62.3. The number of benzene rings is 4. The highest BCUT2D eigenvalue weighted by Gasteiger charge is 2.27. The van der Waals surface area contributed by atoms with Crippen LogP contribution >= 0.6 is 46.4 Å². The molecule has 0 N–H and O–H groups in total. The van der Waals surface area contributed by atoms with E-state index < -0.39 is 0 Å². The number of hydrogen-bond donors (Lipinski definition) is 0. The molecule has 0 radical (unpaired) electrons. The first-order valence-corrected chi connectivity index (χ1v) is 27.7. The van der Waals surface area contributed by atoms with Gasteiger partial charge in [0.05, 0.1) is 82.6 Å². The topological polar surface area (TPSA) is 228 Å². The Morgan fingerprint density at radius 2 is 0.854 bits per heavy atom. The molecule has 2 fully saturated rings. The van der Waals surface area contributed by atoms with Crippen LogP contribution in [0.1, 0.15) is 47.5 Å². The lowest BCUT2D eigenvalue weighted by Gasteiger charge is -2.35. The zero-order valence-corrected chi connectivity index (χ0v) is 49.8. The molecule has 436 valence electrons. The van der Waals surface area contributed by atoms with Gasteiger partial charge in [0.1, 0.15) is 47.3 Å². The van der Waals surface area contributed by atoms with E-state index >= 15 is 0 Å². The van der Waals surface area contributed by atoms with Crippen LogP contribution < -0.4 is 38.5 Å². The molecule has 4 aromatic carbocycles. The highest BCUT2D eigenvalue weighted by molar-refractivity contribution is 6.39. The van der Waals surface area contributed by atoms with Gasteiger partial charge >= 0.3 is 0 Å². The Labute approximate surface area is 495 Å². The number of carbonyl (C=O) groups is 2. The van der Waals surface area contributed by atoms with Gasteiger partial charge in [-0.15, -0.1) is 0 Å². The van der Waals surface area contributed by atoms with Gasteiger partial charge in [-0.05, 0) is 37.4 Å². The maximum atomic E-state index is 13.2. The minimum absolute atomic E-state index is 0.0290. The number of nitro groups is 2. The Bertz CT molecular complexity index is 3020. The van der Waals surface area contributed by atoms with E-state index in [1.165, 1.54) is 50.9 Å². The zero-order chi connectivity index (χ0) is 59.4. The predicted molar refractivity (Wildman–Crippen MR) is 318 cm³/mol. The van der Waals surface area contributed by atoms with Crippen LogP contribution in [0.25, 0.3) is 0 Å². The van der Waals surface area contributed by atoms with E-state index in [1.54, 1.807) is 62.6 Å². The molecule has 22 nitrogen and oxygen atoms in total. The Balaban J connectivity index is 0.000000236. The molecule has 0 aliphatic carbocycles. The molecular formula is C56H64Cl4N12O10. The van der Waals surface area contributed by atoms with Crippen LogP contribution in [0.5, 0.6) is 23.0 Å². The van der Waals surface area contributed by atoms with E-state index in [2.05, 4.69) is 53.4 Å². The number of methoxy groups -OCH3 is 4. The largest absolute Gasteiger partial charge is 0.495 e. The van der Waals surface area contributed by atoms with E-state index in [-0.39, 0.29) is 78.8 Å². The molecule has 0 saturated carbocycles. The number of ether oxygens (including phenoxy) is 4. The van der Waals surface area contributed by atoms with Gasteiger partial charge < -0.3 is 38.5 Å². The fourth-order valence-electron chi connectivity index (χ4n) is 9.48. The summed E-state index contributed by atoms with van der Waals surface area (Å²) in [5.74, 6) is 1.30. The normalized spacial score (nSPS) is 13.7. The maximum Gasteiger partial charge on any atom is 0.275 e. The van der Waals surface area contributed by atoms with Gasteiger partial charge in [0.25, 0.3) is 11.4 Å². The minimum atomic E-state index is -0.366. The number of hydrogen-bond acceptors (Lipinski definition) is 18. The molecule has 0 unspecified atom stereocenters. The van der Waals surface area contributed by atoms with Crippen molar-refractivity contribution < 1.29 is 38.4 Å². The Morgan fingerprint density at radius 1 is 0.524 bits per heavy atom. The third-order valence-corrected chi connectivity index (χ3v) is 16.1. The van der Waals surface area contributed by atoms with E-state index in [1.807, 2.05) is 12.1 Å². The molecule has 6 aromatic rings. The number of amides is 2. The van der Waals surface area contributed by atoms with Crippen molar-refractivity contribution in [3.63, 3.8) is 0 Å². The van der Waals surface area contributed by atoms with Crippen LogP contribution in [0, 0.1) is 20.2 Å². The average molecular weight is 1210 g/mol. The molecular weight excluding hydrogens is 1140 g/mol. The van der Waals surface area contributed by atoms with Gasteiger partial charge in [-0.1, -0.05) is 60.3 Å². The number of anilines is 4. The molecule has 0 atom stereocenters. The molecule has 2 aliphatic rings. The quantitative estimate of drug-likeness (QED) is 0.0512. The fourth-order valence-corrected chi connectivity index (χ4v) is 10.8. The SMILES string of the molecule is CCN1CCN(c2ccc(Cc3cc(N(C)C(=O)Cc4c(Cl)c(OC)cc(OC)c4Cl)ncn3)c([N+](=O)[O-])c2)CC1.CCN1CCN(c2ccc(Cc3cc(N(C)C(=O)Cc4c(Cl)c(OC)cc(OC)c4Cl)ncn3)c([N+](=O)[O-])c2)CC1. The number of halogens is 4. The summed E-state index contributed by atoms with van der Waals surface area (Å²) in [6, 6.07) is 17.0. The summed E-state index contributed by atoms with van der Waals surface area (Å²) in [6.07, 6.45) is 2.78. The van der Waals surface area contributed by atoms with Crippen LogP contribution in [0.15, 0.2) is 73.3 Å². The number of piperazine rings is 2. The number of nitro benzene ring substituents is 2. The molecule has 82 heavy (non-hydrogen) atoms. The summed E-state index contributed by atoms with van der Waals surface area (Å²) in [7, 11) is 8.98. The van der Waals surface area contributed by atoms with Gasteiger partial charge in [0, 0.05) is 149 Å². The summed E-state index contributed by atoms with van der Waals surface area (Å²) in [6.45, 7) is 13.2. The van der Waals surface area contributed by atoms with Crippen molar-refractivity contribution in [3.8, 4) is 23.0 Å². The lowest BCUT2D eigenvalue weighted by Crippen LogP contribution is -2.46. The van der Waals surface area contributed by atoms with Gasteiger partial charge in [-0.2, -0.15) is 0 Å². The second kappa shape index (κ2) is 28.6. The standard InChI is InChI=1S/2C28H32Cl2N6O5/c2*1-5-34-8-10-35(11-9-34)20-7-6-18(22(14-20)36(38)39)12-19-13-25(32-17-31-19)33(2)26(37)15-21-27(29)23(40-3)16-24(41-4)28(21)30/h2*6-7,13-14,16-17H,5,8-12,15H2,1-4H3. The fraction of sp³-hybridized carbons (Fsp3) is 0.393. The lowest BCUT2D eigenvalue weighted by molar-refractivity contribution is -0.385. The molecule has 26 heteroatoms. The Morgan fingerprint density at radius 3 is 1.15 bits per heavy atom. The van der Waals surface area contributed by atoms with Crippen LogP contribution in [0.2, 0.25) is 20.1 Å². The second-order valence-corrected chi connectivity index (χ2v) is 20.6. The molecule has 0 spiro atoms. The van der Waals surface area contributed by atoms with Crippen LogP contribution in [-0.2, 0) is 35.3 Å². The molecule has 8 rings (SSSR count). The lowest BCUT2D eigenvalue weighted by atomic mass is 10.1. The van der Waals surface area contributed by atoms with Gasteiger partial charge in [0.2, 0.25) is 11.8 Å². The molecule has 0 bridgehead atoms. The third-order valence-electron chi connectivity index (χ3n) is 14.5. The minimum Gasteiger partial charge on any atom is -0.495 e. The molecule has 2 saturated heterocycles. The predicted octanol–water partition coefficient (Wildman–Crippen LogP) is 9.29. The van der Waals surface area contributed by atoms with Crippen molar-refractivity contribution in [1.29, 1.82) is 0 Å². The number of rotatable bonds is 20. The zero-order valence-electron chi connectivity index (χ0n) is 46.8. The molecule has 2 aromatic heterocycles. The van der Waals surface area contributed by atoms with Crippen LogP contribution in [0.3, 0.4) is 0 Å². The van der Waals surface area contributed by atoms with Gasteiger partial charge in [-0.25, -0.2) is 19.9 Å². The van der Waals surface area contributed by atoms with Crippen LogP contribution in [-0.4, -0.2) is 159 Å². The van der Waals surface area contributed by atoms with E-state index in [4.69, 9.17) is 65.4 Å². The van der Waals surface area contributed by atoms with Gasteiger partial charge in [-0.3, -0.25) is 39.6 Å². The monoisotopic (exact) mass is 1200 g/mol. The second-order valence-electron chi connectivity index (χ2n) is 19.1. The summed E-state index contributed by atoms with van der Waals surface area (Å²) >= 11 is 25.8. The summed E-state index contributed by atoms with van der Waals surface area (Å²) < 4.78 is 21.2. The third kappa shape index (κ3) is 14.8. The summed E-state index contributed by atoms with van der Waals surface area (Å²) in [4.78, 5) is 78.5. The van der Waals surface area contributed by atoms with Crippen molar-refractivity contribution in [1.82, 2.24) is 29.7 Å². The molecule has 4 heterocycles. The highest BCUT2D eigenvalue weighted by Crippen LogP contribution is 2.42. The highest BCUT2D eigenvalue weighted by atomic mass is 35.5. The maximum absolute atomic E-state index is 13.2. The first-order chi connectivity index (χ1) is 39.3. The first-order valence-electron chi connectivity index (χ1n) is 26.1. The Hall–Kier alpha value is -7.34. The molecule has 2 aliphatic heterocycles. The van der Waals surface area contributed by atoms with Crippen molar-refractivity contribution >= 4 is 92.6 Å². The van der Waals surface area contributed by atoms with Crippen molar-refractivity contribution in [2.24, 2.45) is 0 Å². The van der Waals surface area contributed by atoms with Crippen molar-refractivity contribution in [3.05, 3.63) is 147 Å². The number of aromatic nitrogens is 4. The summed E-state index contributed by atoms with van der Waals surface area (Å²) in [5, 5.41) is 24.8. The van der Waals surface area contributed by atoms with Crippen molar-refractivity contribution in [2.45, 2.75) is 39.5 Å². The van der Waals surface area contributed by atoms with E-state index in [9.17, 15) is 29.8 Å². The number of nitrogens with zero attached hydrogens (tertiary/aromatic N) is 12. The number of carbonyl (C=O) groups excluding carboxylic acids is 2. The molecule has 2 amide bonds. The van der Waals surface area contributed by atoms with Gasteiger partial charge in [0.15, 0.2) is 0 Å². The number of likely N-dealkylation sites (N-methyl/N-ethyl adjacent to an activating group) is 4. The van der Waals surface area contributed by atoms with E-state index in [0.29, 0.717) is 68.3 Å². The van der Waals surface area contributed by atoms with E-state index in [0.717, 1.165) is 76.8 Å².